The average Bonchev–Trinajstić information content (AvgIpc) is 3.06. The van der Waals surface area contributed by atoms with Crippen molar-refractivity contribution in [3.05, 3.63) is 81.8 Å². The van der Waals surface area contributed by atoms with E-state index in [0.29, 0.717) is 22.7 Å². The van der Waals surface area contributed by atoms with E-state index >= 15 is 0 Å². The summed E-state index contributed by atoms with van der Waals surface area (Å²) in [6, 6.07) is 9.28. The smallest absolute Gasteiger partial charge is 0.257 e. The third-order valence-electron chi connectivity index (χ3n) is 4.35. The summed E-state index contributed by atoms with van der Waals surface area (Å²) in [5.41, 5.74) is 5.93. The molecule has 1 amide bonds. The van der Waals surface area contributed by atoms with Gasteiger partial charge in [0, 0.05) is 46.8 Å². The lowest BCUT2D eigenvalue weighted by atomic mass is 10.0. The minimum Gasteiger partial charge on any atom is -0.322 e. The lowest BCUT2D eigenvalue weighted by Crippen LogP contribution is -2.13. The lowest BCUT2D eigenvalue weighted by Gasteiger charge is -2.09. The first-order valence-corrected chi connectivity index (χ1v) is 8.93. The molecule has 0 aliphatic carbocycles. The van der Waals surface area contributed by atoms with Gasteiger partial charge in [-0.05, 0) is 49.2 Å². The van der Waals surface area contributed by atoms with Crippen molar-refractivity contribution in [1.82, 2.24) is 9.97 Å². The van der Waals surface area contributed by atoms with Crippen LogP contribution in [0.2, 0.25) is 5.02 Å². The van der Waals surface area contributed by atoms with E-state index in [4.69, 9.17) is 11.6 Å². The highest BCUT2D eigenvalue weighted by Crippen LogP contribution is 2.31. The second-order valence-electron chi connectivity index (χ2n) is 6.63. The maximum absolute atomic E-state index is 12.5. The number of benzene rings is 1. The van der Waals surface area contributed by atoms with Crippen LogP contribution in [-0.4, -0.2) is 21.6 Å². The fourth-order valence-corrected chi connectivity index (χ4v) is 3.29. The van der Waals surface area contributed by atoms with Gasteiger partial charge in [0.05, 0.1) is 11.3 Å². The average molecular weight is 377 g/mol. The Kier molecular flexibility index (Phi) is 4.46. The van der Waals surface area contributed by atoms with Crippen LogP contribution in [-0.2, 0) is 6.42 Å². The zero-order chi connectivity index (χ0) is 19.0. The number of aliphatic imine (C=N–C) groups is 1. The van der Waals surface area contributed by atoms with E-state index in [1.54, 1.807) is 36.8 Å². The number of carbonyl (C=O) groups excluding carboxylic acids is 1. The van der Waals surface area contributed by atoms with Crippen LogP contribution in [0, 0.1) is 13.8 Å². The predicted molar refractivity (Wildman–Crippen MR) is 107 cm³/mol. The minimum absolute atomic E-state index is 0.214. The third-order valence-corrected chi connectivity index (χ3v) is 4.68. The van der Waals surface area contributed by atoms with E-state index < -0.39 is 0 Å². The number of amides is 1. The van der Waals surface area contributed by atoms with Crippen molar-refractivity contribution in [2.75, 3.05) is 5.32 Å². The molecule has 0 saturated heterocycles. The molecule has 3 aromatic rings. The number of halogens is 1. The van der Waals surface area contributed by atoms with E-state index in [9.17, 15) is 4.79 Å². The lowest BCUT2D eigenvalue weighted by molar-refractivity contribution is 0.102. The summed E-state index contributed by atoms with van der Waals surface area (Å²) in [4.78, 5) is 25.5. The normalized spacial score (nSPS) is 12.5. The van der Waals surface area contributed by atoms with Crippen LogP contribution in [0.25, 0.3) is 0 Å². The summed E-state index contributed by atoms with van der Waals surface area (Å²) < 4.78 is 0. The SMILES string of the molecule is Cc1cncc(C(=O)Nc2ccc(Cl)c(C3=Nc4ncc(C)cc4C3)c2)c1. The first kappa shape index (κ1) is 17.4. The molecule has 1 aromatic carbocycles. The highest BCUT2D eigenvalue weighted by atomic mass is 35.5. The topological polar surface area (TPSA) is 67.2 Å². The van der Waals surface area contributed by atoms with Crippen molar-refractivity contribution in [2.24, 2.45) is 4.99 Å². The first-order valence-electron chi connectivity index (χ1n) is 8.55. The number of hydrogen-bond acceptors (Lipinski definition) is 4. The highest BCUT2D eigenvalue weighted by molar-refractivity contribution is 6.34. The predicted octanol–water partition coefficient (Wildman–Crippen LogP) is 4.68. The molecule has 1 N–H and O–H groups in total. The quantitative estimate of drug-likeness (QED) is 0.721. The number of pyridine rings is 2. The Hall–Kier alpha value is -3.05. The second kappa shape index (κ2) is 6.93. The van der Waals surface area contributed by atoms with Crippen LogP contribution >= 0.6 is 11.6 Å². The standard InChI is InChI=1S/C21H17ClN4O/c1-12-6-15(11-23-9-12)21(27)25-16-3-4-18(22)17(8-16)19-7-14-5-13(2)10-24-20(14)26-19/h3-6,8-11H,7H2,1-2H3,(H,25,27). The molecule has 3 heterocycles. The van der Waals surface area contributed by atoms with Crippen LogP contribution in [0.1, 0.15) is 32.6 Å². The number of carbonyl (C=O) groups is 1. The van der Waals surface area contributed by atoms with E-state index in [1.165, 1.54) is 0 Å². The van der Waals surface area contributed by atoms with E-state index in [2.05, 4.69) is 26.3 Å². The van der Waals surface area contributed by atoms with Gasteiger partial charge in [-0.2, -0.15) is 0 Å². The van der Waals surface area contributed by atoms with Crippen molar-refractivity contribution >= 4 is 34.7 Å². The molecule has 1 aliphatic heterocycles. The summed E-state index contributed by atoms with van der Waals surface area (Å²) in [5, 5.41) is 3.49. The van der Waals surface area contributed by atoms with Gasteiger partial charge >= 0.3 is 0 Å². The Morgan fingerprint density at radius 3 is 2.70 bits per heavy atom. The van der Waals surface area contributed by atoms with Crippen LogP contribution in [0.3, 0.4) is 0 Å². The van der Waals surface area contributed by atoms with Gasteiger partial charge in [-0.3, -0.25) is 9.78 Å². The summed E-state index contributed by atoms with van der Waals surface area (Å²) >= 11 is 6.40. The molecule has 0 spiro atoms. The molecule has 4 rings (SSSR count). The monoisotopic (exact) mass is 376 g/mol. The molecule has 6 heteroatoms. The highest BCUT2D eigenvalue weighted by Gasteiger charge is 2.20. The molecule has 1 aliphatic rings. The molecule has 0 radical (unpaired) electrons. The Morgan fingerprint density at radius 1 is 1.07 bits per heavy atom. The van der Waals surface area contributed by atoms with Crippen LogP contribution in [0.5, 0.6) is 0 Å². The Labute approximate surface area is 162 Å². The summed E-state index contributed by atoms with van der Waals surface area (Å²) in [6.07, 6.45) is 5.73. The van der Waals surface area contributed by atoms with E-state index in [1.807, 2.05) is 19.9 Å². The molecular weight excluding hydrogens is 360 g/mol. The van der Waals surface area contributed by atoms with E-state index in [-0.39, 0.29) is 5.91 Å². The van der Waals surface area contributed by atoms with Gasteiger partial charge in [0.1, 0.15) is 0 Å². The molecule has 5 nitrogen and oxygen atoms in total. The van der Waals surface area contributed by atoms with Crippen molar-refractivity contribution in [3.63, 3.8) is 0 Å². The fourth-order valence-electron chi connectivity index (χ4n) is 3.06. The number of nitrogens with zero attached hydrogens (tertiary/aromatic N) is 3. The van der Waals surface area contributed by atoms with Crippen molar-refractivity contribution in [3.8, 4) is 0 Å². The molecule has 0 atom stereocenters. The molecule has 134 valence electrons. The summed E-state index contributed by atoms with van der Waals surface area (Å²) in [6.45, 7) is 3.91. The zero-order valence-electron chi connectivity index (χ0n) is 15.0. The Balaban J connectivity index is 1.60. The largest absolute Gasteiger partial charge is 0.322 e. The Bertz CT molecular complexity index is 1090. The number of anilines is 1. The van der Waals surface area contributed by atoms with Crippen molar-refractivity contribution < 1.29 is 4.79 Å². The van der Waals surface area contributed by atoms with Gasteiger partial charge in [-0.25, -0.2) is 9.98 Å². The number of rotatable bonds is 3. The number of aromatic nitrogens is 2. The van der Waals surface area contributed by atoms with Gasteiger partial charge in [-0.15, -0.1) is 0 Å². The minimum atomic E-state index is -0.214. The van der Waals surface area contributed by atoms with Crippen LogP contribution in [0.15, 0.2) is 53.9 Å². The zero-order valence-corrected chi connectivity index (χ0v) is 15.7. The summed E-state index contributed by atoms with van der Waals surface area (Å²) in [7, 11) is 0. The second-order valence-corrected chi connectivity index (χ2v) is 7.04. The van der Waals surface area contributed by atoms with E-state index in [0.717, 1.165) is 33.8 Å². The molecule has 2 aromatic heterocycles. The molecular formula is C21H17ClN4O. The molecule has 0 fully saturated rings. The number of hydrogen-bond donors (Lipinski definition) is 1. The number of nitrogens with one attached hydrogen (secondary N) is 1. The molecule has 0 unspecified atom stereocenters. The van der Waals surface area contributed by atoms with Gasteiger partial charge < -0.3 is 5.32 Å². The molecule has 0 bridgehead atoms. The van der Waals surface area contributed by atoms with Gasteiger partial charge in [0.25, 0.3) is 5.91 Å². The number of fused-ring (bicyclic) bond motifs is 1. The fraction of sp³-hybridized carbons (Fsp3) is 0.143. The van der Waals surface area contributed by atoms with Gasteiger partial charge in [-0.1, -0.05) is 17.7 Å². The maximum atomic E-state index is 12.5. The molecule has 0 saturated carbocycles. The Morgan fingerprint density at radius 2 is 1.89 bits per heavy atom. The van der Waals surface area contributed by atoms with Gasteiger partial charge in [0.15, 0.2) is 5.82 Å². The van der Waals surface area contributed by atoms with Crippen molar-refractivity contribution in [2.45, 2.75) is 20.3 Å². The first-order chi connectivity index (χ1) is 13.0. The maximum Gasteiger partial charge on any atom is 0.257 e. The number of aryl methyl sites for hydroxylation is 2. The third kappa shape index (κ3) is 3.59. The van der Waals surface area contributed by atoms with Crippen molar-refractivity contribution in [1.29, 1.82) is 0 Å². The van der Waals surface area contributed by atoms with Crippen LogP contribution in [0.4, 0.5) is 11.5 Å². The van der Waals surface area contributed by atoms with Crippen LogP contribution < -0.4 is 5.32 Å². The van der Waals surface area contributed by atoms with Gasteiger partial charge in [0.2, 0.25) is 0 Å². The summed E-state index contributed by atoms with van der Waals surface area (Å²) in [5.74, 6) is 0.514. The molecule has 27 heavy (non-hydrogen) atoms.